The van der Waals surface area contributed by atoms with E-state index in [1.807, 2.05) is 0 Å². The van der Waals surface area contributed by atoms with Gasteiger partial charge in [-0.05, 0) is 11.8 Å². The van der Waals surface area contributed by atoms with Crippen LogP contribution < -0.4 is 0 Å². The van der Waals surface area contributed by atoms with Crippen molar-refractivity contribution in [3.05, 3.63) is 0 Å². The second-order valence-corrected chi connectivity index (χ2v) is 3.66. The van der Waals surface area contributed by atoms with Crippen LogP contribution in [0.15, 0.2) is 0 Å². The fraction of sp³-hybridized carbons (Fsp3) is 0.889. The van der Waals surface area contributed by atoms with Gasteiger partial charge in [0, 0.05) is 19.5 Å². The van der Waals surface area contributed by atoms with Crippen molar-refractivity contribution in [3.8, 4) is 0 Å². The van der Waals surface area contributed by atoms with Gasteiger partial charge in [-0.3, -0.25) is 5.41 Å². The van der Waals surface area contributed by atoms with Crippen molar-refractivity contribution in [2.75, 3.05) is 13.1 Å². The summed E-state index contributed by atoms with van der Waals surface area (Å²) in [6, 6.07) is 0. The van der Waals surface area contributed by atoms with Crippen molar-refractivity contribution in [3.63, 3.8) is 0 Å². The van der Waals surface area contributed by atoms with Crippen LogP contribution in [0.1, 0.15) is 27.2 Å². The Bertz CT molecular complexity index is 144. The maximum Gasteiger partial charge on any atom is 0.0955 e. The van der Waals surface area contributed by atoms with E-state index in [1.165, 1.54) is 0 Å². The summed E-state index contributed by atoms with van der Waals surface area (Å²) < 4.78 is 0. The molecule has 0 bridgehead atoms. The molecule has 0 radical (unpaired) electrons. The largest absolute Gasteiger partial charge is 0.360 e. The Labute approximate surface area is 69.1 Å². The van der Waals surface area contributed by atoms with Crippen LogP contribution in [0, 0.1) is 17.2 Å². The predicted molar refractivity (Wildman–Crippen MR) is 47.9 cm³/mol. The molecule has 1 N–H and O–H groups in total. The zero-order valence-corrected chi connectivity index (χ0v) is 7.72. The van der Waals surface area contributed by atoms with Gasteiger partial charge >= 0.3 is 0 Å². The van der Waals surface area contributed by atoms with E-state index in [4.69, 9.17) is 5.41 Å². The van der Waals surface area contributed by atoms with E-state index < -0.39 is 0 Å². The molecule has 1 rings (SSSR count). The Morgan fingerprint density at radius 3 is 2.18 bits per heavy atom. The molecule has 1 heterocycles. The molecule has 0 saturated carbocycles. The lowest BCUT2D eigenvalue weighted by Crippen LogP contribution is -2.27. The third kappa shape index (κ3) is 1.73. The minimum absolute atomic E-state index is 0.766. The maximum atomic E-state index is 7.64. The Morgan fingerprint density at radius 1 is 1.36 bits per heavy atom. The minimum atomic E-state index is 0.766. The molecule has 1 aliphatic heterocycles. The Morgan fingerprint density at radius 2 is 1.82 bits per heavy atom. The third-order valence-corrected chi connectivity index (χ3v) is 2.70. The second-order valence-electron chi connectivity index (χ2n) is 3.66. The van der Waals surface area contributed by atoms with Crippen molar-refractivity contribution in [1.82, 2.24) is 4.90 Å². The SMILES string of the molecule is CCC(=N)N1CC(C)C(C)C1. The maximum absolute atomic E-state index is 7.64. The molecule has 0 amide bonds. The van der Waals surface area contributed by atoms with Gasteiger partial charge in [0.1, 0.15) is 0 Å². The van der Waals surface area contributed by atoms with Crippen LogP contribution in [-0.4, -0.2) is 23.8 Å². The molecule has 1 saturated heterocycles. The molecular formula is C9H18N2. The molecule has 2 heteroatoms. The van der Waals surface area contributed by atoms with Gasteiger partial charge in [-0.2, -0.15) is 0 Å². The van der Waals surface area contributed by atoms with Crippen molar-refractivity contribution >= 4 is 5.84 Å². The molecule has 2 nitrogen and oxygen atoms in total. The van der Waals surface area contributed by atoms with Crippen molar-refractivity contribution in [1.29, 1.82) is 5.41 Å². The number of likely N-dealkylation sites (tertiary alicyclic amines) is 1. The van der Waals surface area contributed by atoms with Crippen LogP contribution in [0.5, 0.6) is 0 Å². The number of hydrogen-bond acceptors (Lipinski definition) is 1. The quantitative estimate of drug-likeness (QED) is 0.453. The number of nitrogens with zero attached hydrogens (tertiary/aromatic N) is 1. The number of hydrogen-bond donors (Lipinski definition) is 1. The highest BCUT2D eigenvalue weighted by atomic mass is 15.2. The van der Waals surface area contributed by atoms with Gasteiger partial charge in [-0.1, -0.05) is 20.8 Å². The van der Waals surface area contributed by atoms with Gasteiger partial charge in [0.25, 0.3) is 0 Å². The van der Waals surface area contributed by atoms with Crippen LogP contribution >= 0.6 is 0 Å². The Hall–Kier alpha value is -0.530. The summed E-state index contributed by atoms with van der Waals surface area (Å²) in [5, 5.41) is 7.64. The van der Waals surface area contributed by atoms with Crippen LogP contribution in [0.3, 0.4) is 0 Å². The lowest BCUT2D eigenvalue weighted by molar-refractivity contribution is 0.481. The molecule has 0 aromatic carbocycles. The summed E-state index contributed by atoms with van der Waals surface area (Å²) in [6.07, 6.45) is 0.874. The van der Waals surface area contributed by atoms with Crippen LogP contribution in [0.25, 0.3) is 0 Å². The zero-order valence-electron chi connectivity index (χ0n) is 7.72. The van der Waals surface area contributed by atoms with E-state index in [1.54, 1.807) is 0 Å². The van der Waals surface area contributed by atoms with Crippen molar-refractivity contribution in [2.24, 2.45) is 11.8 Å². The first-order chi connectivity index (χ1) is 5.15. The standard InChI is InChI=1S/C9H18N2/c1-4-9(10)11-5-7(2)8(3)6-11/h7-8,10H,4-6H2,1-3H3. The summed E-state index contributed by atoms with van der Waals surface area (Å²) in [5.74, 6) is 2.34. The monoisotopic (exact) mass is 154 g/mol. The normalized spacial score (nSPS) is 31.0. The highest BCUT2D eigenvalue weighted by molar-refractivity contribution is 5.79. The average Bonchev–Trinajstić information content (AvgIpc) is 2.31. The van der Waals surface area contributed by atoms with E-state index in [0.29, 0.717) is 0 Å². The third-order valence-electron chi connectivity index (χ3n) is 2.70. The average molecular weight is 154 g/mol. The van der Waals surface area contributed by atoms with Crippen LogP contribution in [0.4, 0.5) is 0 Å². The van der Waals surface area contributed by atoms with Crippen LogP contribution in [-0.2, 0) is 0 Å². The van der Waals surface area contributed by atoms with E-state index in [9.17, 15) is 0 Å². The molecule has 0 spiro atoms. The molecule has 0 aromatic heterocycles. The number of nitrogens with one attached hydrogen (secondary N) is 1. The highest BCUT2D eigenvalue weighted by Gasteiger charge is 2.26. The topological polar surface area (TPSA) is 27.1 Å². The predicted octanol–water partition coefficient (Wildman–Crippen LogP) is 1.96. The summed E-state index contributed by atoms with van der Waals surface area (Å²) >= 11 is 0. The first-order valence-electron chi connectivity index (χ1n) is 4.47. The zero-order chi connectivity index (χ0) is 8.43. The summed E-state index contributed by atoms with van der Waals surface area (Å²) in [6.45, 7) is 8.78. The first-order valence-corrected chi connectivity index (χ1v) is 4.47. The Kier molecular flexibility index (Phi) is 2.53. The second kappa shape index (κ2) is 3.24. The molecule has 1 aliphatic rings. The smallest absolute Gasteiger partial charge is 0.0955 e. The number of amidine groups is 1. The molecular weight excluding hydrogens is 136 g/mol. The molecule has 1 fully saturated rings. The van der Waals surface area contributed by atoms with Gasteiger partial charge in [0.2, 0.25) is 0 Å². The molecule has 2 atom stereocenters. The molecule has 0 aromatic rings. The molecule has 2 unspecified atom stereocenters. The molecule has 11 heavy (non-hydrogen) atoms. The van der Waals surface area contributed by atoms with Crippen molar-refractivity contribution in [2.45, 2.75) is 27.2 Å². The number of rotatable bonds is 1. The summed E-state index contributed by atoms with van der Waals surface area (Å²) in [5.41, 5.74) is 0. The lowest BCUT2D eigenvalue weighted by Gasteiger charge is -2.17. The lowest BCUT2D eigenvalue weighted by atomic mass is 10.0. The first kappa shape index (κ1) is 8.57. The van der Waals surface area contributed by atoms with Gasteiger partial charge in [0.15, 0.2) is 0 Å². The molecule has 0 aliphatic carbocycles. The van der Waals surface area contributed by atoms with E-state index in [0.717, 1.165) is 37.2 Å². The molecule has 64 valence electrons. The van der Waals surface area contributed by atoms with Gasteiger partial charge < -0.3 is 4.90 Å². The summed E-state index contributed by atoms with van der Waals surface area (Å²) in [7, 11) is 0. The highest BCUT2D eigenvalue weighted by Crippen LogP contribution is 2.22. The van der Waals surface area contributed by atoms with E-state index in [2.05, 4.69) is 25.7 Å². The van der Waals surface area contributed by atoms with E-state index in [-0.39, 0.29) is 0 Å². The van der Waals surface area contributed by atoms with Crippen LogP contribution in [0.2, 0.25) is 0 Å². The minimum Gasteiger partial charge on any atom is -0.360 e. The fourth-order valence-corrected chi connectivity index (χ4v) is 1.57. The Balaban J connectivity index is 2.46. The van der Waals surface area contributed by atoms with Gasteiger partial charge in [-0.25, -0.2) is 0 Å². The summed E-state index contributed by atoms with van der Waals surface area (Å²) in [4.78, 5) is 2.20. The van der Waals surface area contributed by atoms with Gasteiger partial charge in [0.05, 0.1) is 5.84 Å². The van der Waals surface area contributed by atoms with Crippen molar-refractivity contribution < 1.29 is 0 Å². The fourth-order valence-electron chi connectivity index (χ4n) is 1.57. The van der Waals surface area contributed by atoms with E-state index >= 15 is 0 Å². The van der Waals surface area contributed by atoms with Gasteiger partial charge in [-0.15, -0.1) is 0 Å².